The summed E-state index contributed by atoms with van der Waals surface area (Å²) in [6.07, 6.45) is -1.69. The van der Waals surface area contributed by atoms with Crippen molar-refractivity contribution in [1.82, 2.24) is 10.6 Å². The molecule has 1 spiro atoms. The van der Waals surface area contributed by atoms with Gasteiger partial charge in [0.2, 0.25) is 0 Å². The molecule has 51 heavy (non-hydrogen) atoms. The van der Waals surface area contributed by atoms with Gasteiger partial charge in [0.05, 0.1) is 25.9 Å². The van der Waals surface area contributed by atoms with E-state index in [4.69, 9.17) is 37.9 Å². The number of fused-ring (bicyclic) bond motifs is 4. The normalized spacial score (nSPS) is 13.6. The van der Waals surface area contributed by atoms with E-state index >= 15 is 0 Å². The Balaban J connectivity index is 1.30. The van der Waals surface area contributed by atoms with Crippen molar-refractivity contribution in [2.45, 2.75) is 32.1 Å². The molecular weight excluding hydrogens is 672 g/mol. The molecule has 2 aliphatic heterocycles. The van der Waals surface area contributed by atoms with Crippen LogP contribution >= 0.6 is 0 Å². The Morgan fingerprint density at radius 1 is 0.647 bits per heavy atom. The van der Waals surface area contributed by atoms with Gasteiger partial charge in [0.1, 0.15) is 62.6 Å². The zero-order valence-corrected chi connectivity index (χ0v) is 28.2. The van der Waals surface area contributed by atoms with Crippen LogP contribution in [0.4, 0.5) is 9.59 Å². The highest BCUT2D eigenvalue weighted by Crippen LogP contribution is 2.52. The van der Waals surface area contributed by atoms with Crippen LogP contribution in [0, 0.1) is 0 Å². The van der Waals surface area contributed by atoms with Crippen LogP contribution in [-0.4, -0.2) is 88.8 Å². The van der Waals surface area contributed by atoms with Crippen LogP contribution in [0.1, 0.15) is 37.8 Å². The highest BCUT2D eigenvalue weighted by molar-refractivity contribution is 5.88. The number of ether oxygens (including phenoxy) is 8. The Morgan fingerprint density at radius 3 is 1.45 bits per heavy atom. The van der Waals surface area contributed by atoms with Crippen LogP contribution in [0.2, 0.25) is 0 Å². The number of alkyl carbamates (subject to hydrolysis) is 2. The van der Waals surface area contributed by atoms with E-state index in [-0.39, 0.29) is 88.2 Å². The number of esters is 4. The first-order chi connectivity index (χ1) is 24.4. The highest BCUT2D eigenvalue weighted by atomic mass is 16.6. The Labute approximate surface area is 292 Å². The summed E-state index contributed by atoms with van der Waals surface area (Å²) < 4.78 is 42.3. The van der Waals surface area contributed by atoms with Crippen molar-refractivity contribution < 1.29 is 66.7 Å². The third-order valence-electron chi connectivity index (χ3n) is 7.35. The minimum atomic E-state index is -1.08. The maximum absolute atomic E-state index is 12.9. The molecule has 0 unspecified atom stereocenters. The molecule has 4 rings (SSSR count). The summed E-state index contributed by atoms with van der Waals surface area (Å²) in [6.45, 7) is 9.74. The average Bonchev–Trinajstić information content (AvgIpc) is 3.08. The lowest BCUT2D eigenvalue weighted by Gasteiger charge is -2.40. The first-order valence-electron chi connectivity index (χ1n) is 15.8. The van der Waals surface area contributed by atoms with Gasteiger partial charge in [-0.15, -0.1) is 0 Å². The smallest absolute Gasteiger partial charge is 0.407 e. The minimum Gasteiger partial charge on any atom is -0.490 e. The van der Waals surface area contributed by atoms with E-state index in [9.17, 15) is 28.8 Å². The van der Waals surface area contributed by atoms with Crippen LogP contribution < -0.4 is 29.6 Å². The standard InChI is InChI=1S/C35H38N2O14/c1-21(2)31(40)46-11-9-36-33(42)48-15-13-44-23-5-7-25-27(17-23)50-29(38)19-35(25)20-30(39)51-28-18-24(6-8-26(28)35)45-14-16-49-34(43)37-10-12-47-32(41)22(3)4/h5-8,17-18H,1,3,9-16,19-20H2,2,4H3,(H,36,42)(H,37,43). The average molecular weight is 711 g/mol. The van der Waals surface area contributed by atoms with Gasteiger partial charge < -0.3 is 48.5 Å². The molecule has 0 aliphatic carbocycles. The zero-order valence-electron chi connectivity index (χ0n) is 28.2. The van der Waals surface area contributed by atoms with Crippen LogP contribution in [0.3, 0.4) is 0 Å². The van der Waals surface area contributed by atoms with Gasteiger partial charge in [0, 0.05) is 39.8 Å². The lowest BCUT2D eigenvalue weighted by molar-refractivity contribution is -0.141. The second-order valence-electron chi connectivity index (χ2n) is 11.4. The Bertz CT molecular complexity index is 1580. The molecule has 0 atom stereocenters. The highest BCUT2D eigenvalue weighted by Gasteiger charge is 2.49. The van der Waals surface area contributed by atoms with Gasteiger partial charge in [-0.1, -0.05) is 25.3 Å². The molecule has 2 aromatic rings. The van der Waals surface area contributed by atoms with Gasteiger partial charge in [-0.25, -0.2) is 19.2 Å². The molecule has 0 saturated carbocycles. The van der Waals surface area contributed by atoms with E-state index in [1.165, 1.54) is 26.0 Å². The lowest BCUT2D eigenvalue weighted by Crippen LogP contribution is -2.42. The number of nitrogens with one attached hydrogen (secondary N) is 2. The van der Waals surface area contributed by atoms with Gasteiger partial charge in [0.15, 0.2) is 0 Å². The van der Waals surface area contributed by atoms with Crippen molar-refractivity contribution in [1.29, 1.82) is 0 Å². The third-order valence-corrected chi connectivity index (χ3v) is 7.35. The number of rotatable bonds is 16. The Kier molecular flexibility index (Phi) is 13.0. The molecular formula is C35H38N2O14. The van der Waals surface area contributed by atoms with E-state index in [0.717, 1.165) is 0 Å². The second-order valence-corrected chi connectivity index (χ2v) is 11.4. The summed E-state index contributed by atoms with van der Waals surface area (Å²) in [5, 5.41) is 4.88. The van der Waals surface area contributed by atoms with Crippen molar-refractivity contribution in [3.8, 4) is 23.0 Å². The molecule has 0 bridgehead atoms. The predicted octanol–water partition coefficient (Wildman–Crippen LogP) is 3.04. The van der Waals surface area contributed by atoms with Gasteiger partial charge in [0.25, 0.3) is 0 Å². The number of amides is 2. The van der Waals surface area contributed by atoms with E-state index in [1.54, 1.807) is 24.3 Å². The van der Waals surface area contributed by atoms with E-state index in [1.807, 2.05) is 0 Å². The van der Waals surface area contributed by atoms with Crippen molar-refractivity contribution in [3.05, 3.63) is 71.8 Å². The molecule has 0 fully saturated rings. The van der Waals surface area contributed by atoms with Gasteiger partial charge >= 0.3 is 36.1 Å². The number of hydrogen-bond donors (Lipinski definition) is 2. The summed E-state index contributed by atoms with van der Waals surface area (Å²) >= 11 is 0. The van der Waals surface area contributed by atoms with E-state index < -0.39 is 41.5 Å². The summed E-state index contributed by atoms with van der Waals surface area (Å²) in [4.78, 5) is 72.2. The molecule has 16 nitrogen and oxygen atoms in total. The first-order valence-corrected chi connectivity index (χ1v) is 15.8. The number of carbonyl (C=O) groups is 6. The number of benzene rings is 2. The fourth-order valence-electron chi connectivity index (χ4n) is 5.07. The first kappa shape index (κ1) is 37.8. The molecule has 2 amide bonds. The topological polar surface area (TPSA) is 200 Å². The van der Waals surface area contributed by atoms with Crippen LogP contribution in [0.25, 0.3) is 0 Å². The SMILES string of the molecule is C=C(C)C(=O)OCCNC(=O)OCCOc1ccc2c(c1)OC(=O)CC21CC(=O)Oc2cc(OCCOC(=O)NCCOC(=O)C(=C)C)ccc21. The van der Waals surface area contributed by atoms with Crippen molar-refractivity contribution in [2.24, 2.45) is 0 Å². The molecule has 0 saturated heterocycles. The summed E-state index contributed by atoms with van der Waals surface area (Å²) in [5.41, 5.74) is 0.580. The fraction of sp³-hybridized carbons (Fsp3) is 0.371. The maximum atomic E-state index is 12.9. The van der Waals surface area contributed by atoms with Crippen molar-refractivity contribution in [3.63, 3.8) is 0 Å². The molecule has 2 N–H and O–H groups in total. The predicted molar refractivity (Wildman–Crippen MR) is 175 cm³/mol. The quantitative estimate of drug-likeness (QED) is 0.0847. The van der Waals surface area contributed by atoms with Gasteiger partial charge in [-0.05, 0) is 26.0 Å². The Hall–Kier alpha value is -6.06. The van der Waals surface area contributed by atoms with Crippen molar-refractivity contribution in [2.75, 3.05) is 52.7 Å². The lowest BCUT2D eigenvalue weighted by atomic mass is 9.67. The zero-order chi connectivity index (χ0) is 37.0. The fourth-order valence-corrected chi connectivity index (χ4v) is 5.07. The molecule has 16 heteroatoms. The molecule has 2 aliphatic rings. The number of hydrogen-bond acceptors (Lipinski definition) is 14. The molecule has 272 valence electrons. The molecule has 2 heterocycles. The van der Waals surface area contributed by atoms with Crippen LogP contribution in [0.5, 0.6) is 23.0 Å². The maximum Gasteiger partial charge on any atom is 0.407 e. The largest absolute Gasteiger partial charge is 0.490 e. The van der Waals surface area contributed by atoms with Gasteiger partial charge in [-0.3, -0.25) is 9.59 Å². The summed E-state index contributed by atoms with van der Waals surface area (Å²) in [7, 11) is 0. The van der Waals surface area contributed by atoms with Crippen LogP contribution in [0.15, 0.2) is 60.7 Å². The molecule has 0 radical (unpaired) electrons. The molecule has 0 aromatic heterocycles. The van der Waals surface area contributed by atoms with E-state index in [2.05, 4.69) is 23.8 Å². The summed E-state index contributed by atoms with van der Waals surface area (Å²) in [6, 6.07) is 9.75. The third kappa shape index (κ3) is 10.5. The molecule has 2 aromatic carbocycles. The van der Waals surface area contributed by atoms with Crippen molar-refractivity contribution >= 4 is 36.1 Å². The second kappa shape index (κ2) is 17.6. The summed E-state index contributed by atoms with van der Waals surface area (Å²) in [5.74, 6) is -1.16. The number of carbonyl (C=O) groups excluding carboxylic acids is 6. The van der Waals surface area contributed by atoms with Gasteiger partial charge in [-0.2, -0.15) is 0 Å². The Morgan fingerprint density at radius 2 is 1.06 bits per heavy atom. The monoisotopic (exact) mass is 710 g/mol. The van der Waals surface area contributed by atoms with Crippen LogP contribution in [-0.2, 0) is 43.5 Å². The van der Waals surface area contributed by atoms with E-state index in [0.29, 0.717) is 22.6 Å². The minimum absolute atomic E-state index is 0.0173.